The highest BCUT2D eigenvalue weighted by Crippen LogP contribution is 2.27. The smallest absolute Gasteiger partial charge is 0.0640 e. The number of likely N-dealkylation sites (N-methyl/N-ethyl adjacent to an activating group) is 1. The minimum atomic E-state index is 0.458. The summed E-state index contributed by atoms with van der Waals surface area (Å²) in [4.78, 5) is 0. The summed E-state index contributed by atoms with van der Waals surface area (Å²) >= 11 is 0. The fourth-order valence-corrected chi connectivity index (χ4v) is 3.38. The molecule has 1 aliphatic rings. The van der Waals surface area contributed by atoms with E-state index < -0.39 is 0 Å². The van der Waals surface area contributed by atoms with Gasteiger partial charge in [0.2, 0.25) is 0 Å². The van der Waals surface area contributed by atoms with E-state index >= 15 is 0 Å². The fourth-order valence-electron chi connectivity index (χ4n) is 3.38. The van der Waals surface area contributed by atoms with Crippen LogP contribution in [-0.2, 0) is 6.42 Å². The molecule has 0 saturated heterocycles. The quantitative estimate of drug-likeness (QED) is 0.798. The Morgan fingerprint density at radius 2 is 1.95 bits per heavy atom. The maximum Gasteiger partial charge on any atom is 0.0640 e. The molecule has 0 bridgehead atoms. The number of nitrogens with one attached hydrogen (secondary N) is 1. The molecule has 1 aromatic rings. The van der Waals surface area contributed by atoms with E-state index in [0.29, 0.717) is 12.1 Å². The van der Waals surface area contributed by atoms with Crippen LogP contribution in [0.2, 0.25) is 0 Å². The van der Waals surface area contributed by atoms with Gasteiger partial charge in [-0.2, -0.15) is 5.10 Å². The lowest BCUT2D eigenvalue weighted by Gasteiger charge is -2.26. The first kappa shape index (κ1) is 15.6. The van der Waals surface area contributed by atoms with Crippen LogP contribution >= 0.6 is 0 Å². The fraction of sp³-hybridized carbons (Fsp3) is 0.824. The monoisotopic (exact) mass is 277 g/mol. The Bertz CT molecular complexity index is 375. The lowest BCUT2D eigenvalue weighted by molar-refractivity contribution is 0.319. The highest BCUT2D eigenvalue weighted by molar-refractivity contribution is 5.03. The first-order chi connectivity index (χ1) is 9.70. The number of hydrogen-bond acceptors (Lipinski definition) is 2. The third-order valence-corrected chi connectivity index (χ3v) is 4.56. The van der Waals surface area contributed by atoms with Crippen LogP contribution in [0.3, 0.4) is 0 Å². The number of rotatable bonds is 6. The van der Waals surface area contributed by atoms with Crippen molar-refractivity contribution in [2.75, 3.05) is 6.54 Å². The molecule has 2 rings (SSSR count). The predicted molar refractivity (Wildman–Crippen MR) is 85.0 cm³/mol. The van der Waals surface area contributed by atoms with Crippen molar-refractivity contribution >= 4 is 0 Å². The van der Waals surface area contributed by atoms with E-state index in [9.17, 15) is 0 Å². The zero-order chi connectivity index (χ0) is 14.4. The summed E-state index contributed by atoms with van der Waals surface area (Å²) in [6, 6.07) is 3.26. The van der Waals surface area contributed by atoms with Gasteiger partial charge in [-0.15, -0.1) is 0 Å². The van der Waals surface area contributed by atoms with Gasteiger partial charge in [-0.25, -0.2) is 0 Å². The standard InChI is InChI=1S/C17H31N3/c1-4-18-17(15-9-7-5-6-8-10-15)13-16-11-12-20(19-16)14(2)3/h11-12,14-15,17-18H,4-10,13H2,1-3H3. The van der Waals surface area contributed by atoms with Crippen molar-refractivity contribution in [1.82, 2.24) is 15.1 Å². The Balaban J connectivity index is 1.99. The van der Waals surface area contributed by atoms with Crippen LogP contribution in [-0.4, -0.2) is 22.4 Å². The average molecular weight is 277 g/mol. The molecule has 3 nitrogen and oxygen atoms in total. The molecule has 1 unspecified atom stereocenters. The van der Waals surface area contributed by atoms with E-state index in [-0.39, 0.29) is 0 Å². The highest BCUT2D eigenvalue weighted by Gasteiger charge is 2.23. The van der Waals surface area contributed by atoms with Crippen molar-refractivity contribution in [3.63, 3.8) is 0 Å². The van der Waals surface area contributed by atoms with Crippen molar-refractivity contribution in [2.45, 2.75) is 77.8 Å². The molecule has 0 aromatic carbocycles. The van der Waals surface area contributed by atoms with Crippen LogP contribution in [0, 0.1) is 5.92 Å². The van der Waals surface area contributed by atoms with Gasteiger partial charge in [-0.3, -0.25) is 4.68 Å². The van der Waals surface area contributed by atoms with Gasteiger partial charge >= 0.3 is 0 Å². The molecule has 0 spiro atoms. The molecule has 1 aromatic heterocycles. The third-order valence-electron chi connectivity index (χ3n) is 4.56. The van der Waals surface area contributed by atoms with Crippen LogP contribution in [0.25, 0.3) is 0 Å². The second-order valence-corrected chi connectivity index (χ2v) is 6.50. The second kappa shape index (κ2) is 7.82. The van der Waals surface area contributed by atoms with Crippen molar-refractivity contribution in [2.24, 2.45) is 5.92 Å². The first-order valence-electron chi connectivity index (χ1n) is 8.48. The van der Waals surface area contributed by atoms with Crippen molar-refractivity contribution in [3.8, 4) is 0 Å². The Kier molecular flexibility index (Phi) is 6.08. The first-order valence-corrected chi connectivity index (χ1v) is 8.48. The molecular formula is C17H31N3. The molecule has 114 valence electrons. The molecule has 1 atom stereocenters. The number of nitrogens with zero attached hydrogens (tertiary/aromatic N) is 2. The Morgan fingerprint density at radius 3 is 2.50 bits per heavy atom. The molecule has 1 N–H and O–H groups in total. The average Bonchev–Trinajstić information content (AvgIpc) is 2.72. The van der Waals surface area contributed by atoms with Gasteiger partial charge in [0.25, 0.3) is 0 Å². The topological polar surface area (TPSA) is 29.9 Å². The Morgan fingerprint density at radius 1 is 1.25 bits per heavy atom. The largest absolute Gasteiger partial charge is 0.314 e. The van der Waals surface area contributed by atoms with E-state index in [2.05, 4.69) is 43.0 Å². The van der Waals surface area contributed by atoms with Gasteiger partial charge in [-0.1, -0.05) is 32.6 Å². The molecule has 0 radical (unpaired) electrons. The molecule has 1 heterocycles. The minimum Gasteiger partial charge on any atom is -0.314 e. The summed E-state index contributed by atoms with van der Waals surface area (Å²) in [6.45, 7) is 7.65. The summed E-state index contributed by atoms with van der Waals surface area (Å²) < 4.78 is 2.07. The SMILES string of the molecule is CCNC(Cc1ccn(C(C)C)n1)C1CCCCCC1. The third kappa shape index (κ3) is 4.34. The van der Waals surface area contributed by atoms with E-state index in [1.165, 1.54) is 44.2 Å². The van der Waals surface area contributed by atoms with Crippen molar-refractivity contribution in [3.05, 3.63) is 18.0 Å². The molecule has 20 heavy (non-hydrogen) atoms. The lowest BCUT2D eigenvalue weighted by atomic mass is 9.89. The predicted octanol–water partition coefficient (Wildman–Crippen LogP) is 3.96. The van der Waals surface area contributed by atoms with Gasteiger partial charge in [0.05, 0.1) is 5.69 Å². The molecule has 0 amide bonds. The Hall–Kier alpha value is -0.830. The lowest BCUT2D eigenvalue weighted by Crippen LogP contribution is -2.38. The maximum absolute atomic E-state index is 4.73. The summed E-state index contributed by atoms with van der Waals surface area (Å²) in [5.74, 6) is 0.835. The maximum atomic E-state index is 4.73. The normalized spacial score (nSPS) is 19.2. The van der Waals surface area contributed by atoms with Crippen LogP contribution < -0.4 is 5.32 Å². The van der Waals surface area contributed by atoms with Crippen LogP contribution in [0.15, 0.2) is 12.3 Å². The van der Waals surface area contributed by atoms with Gasteiger partial charge in [0, 0.05) is 24.7 Å². The van der Waals surface area contributed by atoms with Gasteiger partial charge in [-0.05, 0) is 45.2 Å². The summed E-state index contributed by atoms with van der Waals surface area (Å²) in [6.07, 6.45) is 11.7. The number of hydrogen-bond donors (Lipinski definition) is 1. The van der Waals surface area contributed by atoms with Crippen LogP contribution in [0.1, 0.15) is 71.0 Å². The molecule has 1 fully saturated rings. The van der Waals surface area contributed by atoms with Crippen molar-refractivity contribution < 1.29 is 0 Å². The van der Waals surface area contributed by atoms with E-state index in [1.807, 2.05) is 0 Å². The Labute approximate surface area is 124 Å². The zero-order valence-electron chi connectivity index (χ0n) is 13.4. The summed E-state index contributed by atoms with van der Waals surface area (Å²) in [7, 11) is 0. The van der Waals surface area contributed by atoms with Crippen molar-refractivity contribution in [1.29, 1.82) is 0 Å². The zero-order valence-corrected chi connectivity index (χ0v) is 13.4. The van der Waals surface area contributed by atoms with Crippen LogP contribution in [0.4, 0.5) is 0 Å². The molecule has 0 aliphatic heterocycles. The van der Waals surface area contributed by atoms with Crippen LogP contribution in [0.5, 0.6) is 0 Å². The van der Waals surface area contributed by atoms with E-state index in [4.69, 9.17) is 5.10 Å². The van der Waals surface area contributed by atoms with Gasteiger partial charge in [0.15, 0.2) is 0 Å². The second-order valence-electron chi connectivity index (χ2n) is 6.50. The van der Waals surface area contributed by atoms with Gasteiger partial charge < -0.3 is 5.32 Å². The highest BCUT2D eigenvalue weighted by atomic mass is 15.3. The summed E-state index contributed by atoms with van der Waals surface area (Å²) in [5.41, 5.74) is 1.24. The molecule has 1 aliphatic carbocycles. The van der Waals surface area contributed by atoms with E-state index in [1.54, 1.807) is 0 Å². The number of aromatic nitrogens is 2. The van der Waals surface area contributed by atoms with Gasteiger partial charge in [0.1, 0.15) is 0 Å². The molecule has 3 heteroatoms. The summed E-state index contributed by atoms with van der Waals surface area (Å²) in [5, 5.41) is 8.44. The van der Waals surface area contributed by atoms with E-state index in [0.717, 1.165) is 18.9 Å². The minimum absolute atomic E-state index is 0.458. The molecule has 1 saturated carbocycles. The molecular weight excluding hydrogens is 246 g/mol.